The Morgan fingerprint density at radius 1 is 0.409 bits per heavy atom. The van der Waals surface area contributed by atoms with Gasteiger partial charge in [-0.2, -0.15) is 0 Å². The van der Waals surface area contributed by atoms with Crippen LogP contribution in [-0.2, 0) is 17.1 Å². The maximum Gasteiger partial charge on any atom is 0 e. The van der Waals surface area contributed by atoms with E-state index in [1.54, 1.807) is 0 Å². The monoisotopic (exact) mass is 519 g/mol. The van der Waals surface area contributed by atoms with E-state index in [1.807, 2.05) is 0 Å². The molecular weight excluding hydrogens is 504 g/mol. The molecule has 0 saturated carbocycles. The van der Waals surface area contributed by atoms with Crippen LogP contribution in [0.15, 0.2) is 72.8 Å². The number of fused-ring (bicyclic) bond motifs is 2. The standard InChI is InChI=1S/C20H12.Bi.Mn.3H/c1-5-13-6-2-11-17-18-12-4-8-14-7-3-10-16(20(14)18)15(9-1)19(13)17;;;;;/h1-12H;;;;;. The second-order valence-corrected chi connectivity index (χ2v) is 5.42. The molecule has 0 aliphatic carbocycles. The Morgan fingerprint density at radius 2 is 0.682 bits per heavy atom. The van der Waals surface area contributed by atoms with Gasteiger partial charge >= 0.3 is 26.2 Å². The van der Waals surface area contributed by atoms with Gasteiger partial charge in [0.05, 0.1) is 0 Å². The van der Waals surface area contributed by atoms with E-state index in [9.17, 15) is 0 Å². The van der Waals surface area contributed by atoms with Crippen molar-refractivity contribution in [1.29, 1.82) is 0 Å². The van der Waals surface area contributed by atoms with Gasteiger partial charge in [0, 0.05) is 17.1 Å². The third-order valence-corrected chi connectivity index (χ3v) is 4.39. The van der Waals surface area contributed by atoms with Crippen LogP contribution in [0.5, 0.6) is 0 Å². The van der Waals surface area contributed by atoms with E-state index >= 15 is 0 Å². The smallest absolute Gasteiger partial charge is 0 e. The van der Waals surface area contributed by atoms with E-state index in [0.29, 0.717) is 0 Å². The molecule has 0 aliphatic rings. The molecule has 22 heavy (non-hydrogen) atoms. The molecule has 0 aliphatic heterocycles. The molecule has 0 aromatic heterocycles. The van der Waals surface area contributed by atoms with Crippen LogP contribution < -0.4 is 0 Å². The number of rotatable bonds is 0. The number of benzene rings is 5. The molecule has 0 atom stereocenters. The fourth-order valence-electron chi connectivity index (χ4n) is 3.58. The van der Waals surface area contributed by atoms with Crippen molar-refractivity contribution in [2.75, 3.05) is 0 Å². The summed E-state index contributed by atoms with van der Waals surface area (Å²) < 4.78 is 0. The van der Waals surface area contributed by atoms with Gasteiger partial charge in [0.1, 0.15) is 0 Å². The fraction of sp³-hybridized carbons (Fsp3) is 0. The maximum absolute atomic E-state index is 2.25. The van der Waals surface area contributed by atoms with Gasteiger partial charge in [0.2, 0.25) is 0 Å². The zero-order chi connectivity index (χ0) is 13.1. The van der Waals surface area contributed by atoms with Gasteiger partial charge in [-0.25, -0.2) is 0 Å². The molecule has 0 fully saturated rings. The molecule has 2 heteroatoms. The molecule has 0 unspecified atom stereocenters. The van der Waals surface area contributed by atoms with E-state index in [-0.39, 0.29) is 43.3 Å². The van der Waals surface area contributed by atoms with Gasteiger partial charge < -0.3 is 0 Å². The minimum Gasteiger partial charge on any atom is -0.0610 e. The van der Waals surface area contributed by atoms with Crippen LogP contribution >= 0.6 is 0 Å². The van der Waals surface area contributed by atoms with E-state index in [4.69, 9.17) is 0 Å². The van der Waals surface area contributed by atoms with Crippen LogP contribution in [0.4, 0.5) is 0 Å². The minimum atomic E-state index is 0. The number of hydrogen-bond donors (Lipinski definition) is 0. The topological polar surface area (TPSA) is 0 Å². The Balaban J connectivity index is 0.000000720. The largest absolute Gasteiger partial charge is 0.0610 e. The molecule has 5 aromatic carbocycles. The first-order valence-electron chi connectivity index (χ1n) is 6.98. The average Bonchev–Trinajstić information content (AvgIpc) is 2.52. The molecule has 0 bridgehead atoms. The summed E-state index contributed by atoms with van der Waals surface area (Å²) in [6.45, 7) is 0. The third-order valence-electron chi connectivity index (χ3n) is 4.39. The van der Waals surface area contributed by atoms with Gasteiger partial charge in [0.15, 0.2) is 0 Å². The van der Waals surface area contributed by atoms with Crippen molar-refractivity contribution in [3.8, 4) is 0 Å². The van der Waals surface area contributed by atoms with Gasteiger partial charge in [-0.1, -0.05) is 72.8 Å². The Kier molecular flexibility index (Phi) is 4.12. The van der Waals surface area contributed by atoms with Crippen molar-refractivity contribution in [3.63, 3.8) is 0 Å². The average molecular weight is 519 g/mol. The van der Waals surface area contributed by atoms with E-state index in [2.05, 4.69) is 72.8 Å². The molecule has 0 saturated heterocycles. The first-order chi connectivity index (χ1) is 9.93. The van der Waals surface area contributed by atoms with Crippen LogP contribution in [0.1, 0.15) is 0 Å². The quantitative estimate of drug-likeness (QED) is 0.160. The number of hydrogen-bond acceptors (Lipinski definition) is 0. The first kappa shape index (κ1) is 15.7. The normalized spacial score (nSPS) is 10.9. The second kappa shape index (κ2) is 5.78. The van der Waals surface area contributed by atoms with Gasteiger partial charge in [-0.15, -0.1) is 0 Å². The van der Waals surface area contributed by atoms with Gasteiger partial charge in [-0.05, 0) is 43.1 Å². The predicted octanol–water partition coefficient (Wildman–Crippen LogP) is 4.55. The summed E-state index contributed by atoms with van der Waals surface area (Å²) in [6, 6.07) is 26.4. The van der Waals surface area contributed by atoms with Gasteiger partial charge in [-0.3, -0.25) is 0 Å². The SMILES string of the molecule is [BiH3].[Mn].c1cc2cccc3c4cccc5cccc(c(c1)c23)c54. The Labute approximate surface area is 158 Å². The zero-order valence-corrected chi connectivity index (χ0v) is 18.7. The molecule has 0 N–H and O–H groups in total. The molecule has 5 aromatic rings. The van der Waals surface area contributed by atoms with Crippen LogP contribution in [0.3, 0.4) is 0 Å². The van der Waals surface area contributed by atoms with Crippen molar-refractivity contribution in [1.82, 2.24) is 0 Å². The summed E-state index contributed by atoms with van der Waals surface area (Å²) >= 11 is 0. The van der Waals surface area contributed by atoms with Crippen molar-refractivity contribution in [3.05, 3.63) is 72.8 Å². The summed E-state index contributed by atoms with van der Waals surface area (Å²) in [5.41, 5.74) is 0. The fourth-order valence-corrected chi connectivity index (χ4v) is 3.58. The summed E-state index contributed by atoms with van der Waals surface area (Å²) in [5, 5.41) is 10.9. The summed E-state index contributed by atoms with van der Waals surface area (Å²) in [7, 11) is 0. The molecule has 1 radical (unpaired) electrons. The van der Waals surface area contributed by atoms with Crippen molar-refractivity contribution < 1.29 is 17.1 Å². The predicted molar refractivity (Wildman–Crippen MR) is 97.6 cm³/mol. The molecular formula is C20H15BiMn. The van der Waals surface area contributed by atoms with Crippen molar-refractivity contribution in [2.24, 2.45) is 0 Å². The summed E-state index contributed by atoms with van der Waals surface area (Å²) in [5.74, 6) is 0. The molecule has 0 spiro atoms. The second-order valence-electron chi connectivity index (χ2n) is 5.42. The van der Waals surface area contributed by atoms with E-state index in [1.165, 1.54) is 43.1 Å². The third kappa shape index (κ3) is 1.98. The molecule has 107 valence electrons. The van der Waals surface area contributed by atoms with Gasteiger partial charge in [0.25, 0.3) is 0 Å². The molecule has 0 amide bonds. The van der Waals surface area contributed by atoms with Crippen molar-refractivity contribution in [2.45, 2.75) is 0 Å². The zero-order valence-electron chi connectivity index (χ0n) is 12.0. The minimum absolute atomic E-state index is 0. The van der Waals surface area contributed by atoms with Crippen LogP contribution in [0.2, 0.25) is 0 Å². The first-order valence-corrected chi connectivity index (χ1v) is 6.98. The van der Waals surface area contributed by atoms with E-state index in [0.717, 1.165) is 0 Å². The Hall–Kier alpha value is -1.20. The van der Waals surface area contributed by atoms with Crippen molar-refractivity contribution >= 4 is 69.3 Å². The Morgan fingerprint density at radius 3 is 0.955 bits per heavy atom. The molecule has 0 heterocycles. The van der Waals surface area contributed by atoms with Crippen LogP contribution in [0.25, 0.3) is 43.1 Å². The van der Waals surface area contributed by atoms with Crippen LogP contribution in [-0.4, -0.2) is 26.2 Å². The maximum atomic E-state index is 2.25. The van der Waals surface area contributed by atoms with Crippen LogP contribution in [0, 0.1) is 0 Å². The molecule has 0 nitrogen and oxygen atoms in total. The van der Waals surface area contributed by atoms with E-state index < -0.39 is 0 Å². The summed E-state index contributed by atoms with van der Waals surface area (Å²) in [6.07, 6.45) is 0. The molecule has 5 rings (SSSR count). The summed E-state index contributed by atoms with van der Waals surface area (Å²) in [4.78, 5) is 0. The Bertz CT molecular complexity index is 929.